The van der Waals surface area contributed by atoms with Gasteiger partial charge in [0, 0.05) is 31.6 Å². The molecule has 0 spiro atoms. The molecule has 0 aromatic carbocycles. The van der Waals surface area contributed by atoms with E-state index in [1.165, 1.54) is 4.68 Å². The normalized spacial score (nSPS) is 13.9. The molecule has 0 unspecified atom stereocenters. The third-order valence-corrected chi connectivity index (χ3v) is 5.65. The zero-order chi connectivity index (χ0) is 18.5. The molecule has 0 fully saturated rings. The van der Waals surface area contributed by atoms with Crippen LogP contribution in [0, 0.1) is 0 Å². The second kappa shape index (κ2) is 5.95. The molecule has 0 bridgehead atoms. The first-order chi connectivity index (χ1) is 13.1. The van der Waals surface area contributed by atoms with E-state index in [2.05, 4.69) is 20.4 Å². The SMILES string of the molecule is Cn1cc(Cn2ncc3c4sc(CC5=NCC=C5)nc4n(C)c3c2=O)nn1. The molecule has 0 aliphatic carbocycles. The van der Waals surface area contributed by atoms with Gasteiger partial charge in [0.15, 0.2) is 5.65 Å². The zero-order valence-corrected chi connectivity index (χ0v) is 15.6. The van der Waals surface area contributed by atoms with Crippen molar-refractivity contribution in [2.75, 3.05) is 6.54 Å². The standard InChI is InChI=1S/C17H16N8OS/c1-23-8-11(21-22-23)9-25-17(26)14-12(7-19-25)15-16(24(14)2)20-13(27-15)6-10-4-3-5-18-10/h3-4,7-8H,5-6,9H2,1-2H3. The number of thiazole rings is 1. The van der Waals surface area contributed by atoms with Crippen molar-refractivity contribution in [1.29, 1.82) is 0 Å². The van der Waals surface area contributed by atoms with Crippen LogP contribution in [0.1, 0.15) is 10.7 Å². The lowest BCUT2D eigenvalue weighted by Gasteiger charge is -2.03. The zero-order valence-electron chi connectivity index (χ0n) is 14.8. The van der Waals surface area contributed by atoms with E-state index in [0.29, 0.717) is 17.6 Å². The van der Waals surface area contributed by atoms with Gasteiger partial charge in [0.1, 0.15) is 16.2 Å². The highest BCUT2D eigenvalue weighted by Gasteiger charge is 2.19. The van der Waals surface area contributed by atoms with Gasteiger partial charge in [0.05, 0.1) is 30.2 Å². The van der Waals surface area contributed by atoms with Gasteiger partial charge in [0.2, 0.25) is 0 Å². The number of fused-ring (bicyclic) bond motifs is 3. The Kier molecular flexibility index (Phi) is 3.54. The highest BCUT2D eigenvalue weighted by atomic mass is 32.1. The minimum absolute atomic E-state index is 0.157. The van der Waals surface area contributed by atoms with Crippen molar-refractivity contribution in [3.05, 3.63) is 45.6 Å². The molecule has 0 saturated carbocycles. The molecule has 0 radical (unpaired) electrons. The minimum atomic E-state index is -0.157. The molecule has 10 heteroatoms. The molecule has 136 valence electrons. The lowest BCUT2D eigenvalue weighted by atomic mass is 10.3. The maximum Gasteiger partial charge on any atom is 0.291 e. The van der Waals surface area contributed by atoms with Crippen LogP contribution in [-0.2, 0) is 27.1 Å². The molecule has 0 atom stereocenters. The third kappa shape index (κ3) is 2.60. The largest absolute Gasteiger partial charge is 0.323 e. The van der Waals surface area contributed by atoms with E-state index in [1.807, 2.05) is 23.8 Å². The summed E-state index contributed by atoms with van der Waals surface area (Å²) >= 11 is 1.60. The number of nitrogens with zero attached hydrogens (tertiary/aromatic N) is 8. The monoisotopic (exact) mass is 380 g/mol. The molecule has 4 aromatic rings. The summed E-state index contributed by atoms with van der Waals surface area (Å²) in [5.41, 5.74) is 2.99. The number of aromatic nitrogens is 7. The summed E-state index contributed by atoms with van der Waals surface area (Å²) in [5, 5.41) is 14.1. The molecule has 9 nitrogen and oxygen atoms in total. The smallest absolute Gasteiger partial charge is 0.291 e. The van der Waals surface area contributed by atoms with E-state index in [9.17, 15) is 4.79 Å². The van der Waals surface area contributed by atoms with Crippen LogP contribution in [0.4, 0.5) is 0 Å². The molecule has 0 amide bonds. The average Bonchev–Trinajstić information content (AvgIpc) is 3.40. The molecule has 4 aromatic heterocycles. The van der Waals surface area contributed by atoms with Gasteiger partial charge in [-0.2, -0.15) is 5.10 Å². The fourth-order valence-electron chi connectivity index (χ4n) is 3.32. The van der Waals surface area contributed by atoms with E-state index in [4.69, 9.17) is 4.98 Å². The number of hydrogen-bond acceptors (Lipinski definition) is 7. The molecule has 0 saturated heterocycles. The van der Waals surface area contributed by atoms with Gasteiger partial charge in [-0.3, -0.25) is 14.5 Å². The second-order valence-corrected chi connectivity index (χ2v) is 7.57. The first-order valence-electron chi connectivity index (χ1n) is 8.49. The lowest BCUT2D eigenvalue weighted by molar-refractivity contribution is 0.630. The number of aliphatic imine (C=N–C) groups is 1. The molecular formula is C17H16N8OS. The van der Waals surface area contributed by atoms with Crippen LogP contribution in [0.25, 0.3) is 21.3 Å². The molecule has 5 rings (SSSR count). The maximum absolute atomic E-state index is 13.0. The summed E-state index contributed by atoms with van der Waals surface area (Å²) in [5.74, 6) is 0. The number of allylic oxidation sites excluding steroid dienone is 1. The third-order valence-electron chi connectivity index (χ3n) is 4.57. The van der Waals surface area contributed by atoms with Gasteiger partial charge >= 0.3 is 0 Å². The molecule has 0 N–H and O–H groups in total. The Labute approximate surface area is 157 Å². The topological polar surface area (TPSA) is 95.8 Å². The van der Waals surface area contributed by atoms with E-state index >= 15 is 0 Å². The summed E-state index contributed by atoms with van der Waals surface area (Å²) in [7, 11) is 3.66. The highest BCUT2D eigenvalue weighted by molar-refractivity contribution is 7.19. The van der Waals surface area contributed by atoms with Crippen molar-refractivity contribution in [3.63, 3.8) is 0 Å². The summed E-state index contributed by atoms with van der Waals surface area (Å²) in [6.45, 7) is 1.03. The van der Waals surface area contributed by atoms with Crippen molar-refractivity contribution in [2.24, 2.45) is 19.1 Å². The van der Waals surface area contributed by atoms with E-state index in [-0.39, 0.29) is 12.1 Å². The molecule has 1 aliphatic rings. The van der Waals surface area contributed by atoms with Gasteiger partial charge < -0.3 is 4.57 Å². The van der Waals surface area contributed by atoms with Crippen molar-refractivity contribution < 1.29 is 0 Å². The number of hydrogen-bond donors (Lipinski definition) is 0. The molecular weight excluding hydrogens is 364 g/mol. The van der Waals surface area contributed by atoms with Crippen LogP contribution in [0.5, 0.6) is 0 Å². The van der Waals surface area contributed by atoms with Crippen LogP contribution in [0.3, 0.4) is 0 Å². The Morgan fingerprint density at radius 1 is 1.30 bits per heavy atom. The first-order valence-corrected chi connectivity index (χ1v) is 9.31. The Balaban J connectivity index is 1.59. The van der Waals surface area contributed by atoms with Crippen LogP contribution < -0.4 is 5.56 Å². The van der Waals surface area contributed by atoms with Gasteiger partial charge in [-0.1, -0.05) is 11.3 Å². The predicted molar refractivity (Wildman–Crippen MR) is 103 cm³/mol. The van der Waals surface area contributed by atoms with Gasteiger partial charge in [-0.15, -0.1) is 16.4 Å². The average molecular weight is 380 g/mol. The van der Waals surface area contributed by atoms with Crippen LogP contribution in [-0.4, -0.2) is 46.6 Å². The predicted octanol–water partition coefficient (Wildman–Crippen LogP) is 1.07. The Morgan fingerprint density at radius 2 is 2.19 bits per heavy atom. The van der Waals surface area contributed by atoms with E-state index in [1.54, 1.807) is 35.5 Å². The highest BCUT2D eigenvalue weighted by Crippen LogP contribution is 2.31. The Morgan fingerprint density at radius 3 is 2.93 bits per heavy atom. The summed E-state index contributed by atoms with van der Waals surface area (Å²) in [6, 6.07) is 0. The van der Waals surface area contributed by atoms with Crippen LogP contribution in [0.2, 0.25) is 0 Å². The lowest BCUT2D eigenvalue weighted by Crippen LogP contribution is -2.24. The van der Waals surface area contributed by atoms with Crippen molar-refractivity contribution >= 4 is 38.3 Å². The molecule has 5 heterocycles. The van der Waals surface area contributed by atoms with Gasteiger partial charge in [0.25, 0.3) is 5.56 Å². The molecule has 1 aliphatic heterocycles. The first kappa shape index (κ1) is 16.1. The Bertz CT molecular complexity index is 1300. The van der Waals surface area contributed by atoms with Gasteiger partial charge in [-0.05, 0) is 6.08 Å². The van der Waals surface area contributed by atoms with E-state index in [0.717, 1.165) is 33.0 Å². The number of rotatable bonds is 4. The Hall–Kier alpha value is -3.14. The summed E-state index contributed by atoms with van der Waals surface area (Å²) in [6.07, 6.45) is 8.31. The van der Waals surface area contributed by atoms with Crippen molar-refractivity contribution in [1.82, 2.24) is 34.3 Å². The fourth-order valence-corrected chi connectivity index (χ4v) is 4.44. The van der Waals surface area contributed by atoms with Crippen molar-refractivity contribution in [2.45, 2.75) is 13.0 Å². The van der Waals surface area contributed by atoms with Crippen LogP contribution in [0.15, 0.2) is 34.3 Å². The summed E-state index contributed by atoms with van der Waals surface area (Å²) < 4.78 is 5.86. The quantitative estimate of drug-likeness (QED) is 0.528. The summed E-state index contributed by atoms with van der Waals surface area (Å²) in [4.78, 5) is 22.1. The minimum Gasteiger partial charge on any atom is -0.323 e. The molecule has 27 heavy (non-hydrogen) atoms. The van der Waals surface area contributed by atoms with Gasteiger partial charge in [-0.25, -0.2) is 9.67 Å². The fraction of sp³-hybridized carbons (Fsp3) is 0.294. The number of aryl methyl sites for hydroxylation is 2. The van der Waals surface area contributed by atoms with E-state index < -0.39 is 0 Å². The maximum atomic E-state index is 13.0. The van der Waals surface area contributed by atoms with Crippen LogP contribution >= 0.6 is 11.3 Å². The second-order valence-electron chi connectivity index (χ2n) is 6.48. The van der Waals surface area contributed by atoms with Crippen molar-refractivity contribution in [3.8, 4) is 0 Å².